The highest BCUT2D eigenvalue weighted by Crippen LogP contribution is 2.62. The Balaban J connectivity index is 1.28. The number of hydrogen-bond donors (Lipinski definition) is 2. The molecule has 4 bridgehead atoms. The molecule has 8 nitrogen and oxygen atoms in total. The molecule has 1 unspecified atom stereocenters. The van der Waals surface area contributed by atoms with Crippen molar-refractivity contribution in [1.29, 1.82) is 0 Å². The number of aryl methyl sites for hydroxylation is 1. The van der Waals surface area contributed by atoms with Crippen LogP contribution in [0.4, 0.5) is 5.69 Å². The summed E-state index contributed by atoms with van der Waals surface area (Å²) in [4.78, 5) is 17.4. The molecule has 7 rings (SSSR count). The van der Waals surface area contributed by atoms with Crippen LogP contribution in [0.1, 0.15) is 63.4 Å². The average molecular weight is 512 g/mol. The van der Waals surface area contributed by atoms with E-state index in [1.807, 2.05) is 13.0 Å². The molecule has 4 aliphatic carbocycles. The molecular formula is C27H33N3O5S. The lowest BCUT2D eigenvalue weighted by Crippen LogP contribution is -2.61. The summed E-state index contributed by atoms with van der Waals surface area (Å²) in [6.45, 7) is 1.95. The molecule has 4 fully saturated rings. The Labute approximate surface area is 211 Å². The molecule has 2 aromatic rings. The van der Waals surface area contributed by atoms with Gasteiger partial charge in [0.25, 0.3) is 10.0 Å². The predicted octanol–water partition coefficient (Wildman–Crippen LogP) is 4.67. The van der Waals surface area contributed by atoms with Crippen LogP contribution in [-0.2, 0) is 26.6 Å². The van der Waals surface area contributed by atoms with E-state index in [0.717, 1.165) is 43.1 Å². The minimum atomic E-state index is -3.85. The average Bonchev–Trinajstić information content (AvgIpc) is 3.27. The first-order valence-corrected chi connectivity index (χ1v) is 14.4. The molecule has 1 atom stereocenters. The summed E-state index contributed by atoms with van der Waals surface area (Å²) in [5.41, 5.74) is 0.870. The van der Waals surface area contributed by atoms with Gasteiger partial charge < -0.3 is 14.4 Å². The Morgan fingerprint density at radius 1 is 1.19 bits per heavy atom. The molecule has 1 spiro atoms. The number of rotatable bonds is 6. The largest absolute Gasteiger partial charge is 0.512 e. The number of imidazole rings is 1. The minimum Gasteiger partial charge on any atom is -0.512 e. The Morgan fingerprint density at radius 2 is 1.89 bits per heavy atom. The lowest BCUT2D eigenvalue weighted by Gasteiger charge is -2.61. The molecule has 9 heteroatoms. The number of sulfonamides is 1. The molecule has 1 aliphatic heterocycles. The molecule has 0 saturated heterocycles. The van der Waals surface area contributed by atoms with Gasteiger partial charge in [-0.1, -0.05) is 19.1 Å². The van der Waals surface area contributed by atoms with Crippen molar-refractivity contribution in [2.24, 2.45) is 30.7 Å². The Hall–Kier alpha value is -2.81. The number of carbonyl (C=O) groups is 1. The van der Waals surface area contributed by atoms with Gasteiger partial charge in [-0.3, -0.25) is 4.72 Å². The van der Waals surface area contributed by atoms with Crippen molar-refractivity contribution >= 4 is 21.7 Å². The lowest BCUT2D eigenvalue weighted by atomic mass is 9.48. The lowest BCUT2D eigenvalue weighted by molar-refractivity contribution is -0.212. The monoisotopic (exact) mass is 511 g/mol. The summed E-state index contributed by atoms with van der Waals surface area (Å²) in [5, 5.41) is 11.2. The zero-order valence-corrected chi connectivity index (χ0v) is 21.5. The maximum Gasteiger partial charge on any atom is 0.338 e. The van der Waals surface area contributed by atoms with Crippen LogP contribution in [0.3, 0.4) is 0 Å². The second kappa shape index (κ2) is 8.36. The van der Waals surface area contributed by atoms with Crippen LogP contribution in [0.15, 0.2) is 53.1 Å². The maximum atomic E-state index is 13.5. The summed E-state index contributed by atoms with van der Waals surface area (Å²) >= 11 is 0. The Morgan fingerprint density at radius 3 is 2.47 bits per heavy atom. The highest BCUT2D eigenvalue weighted by atomic mass is 32.2. The van der Waals surface area contributed by atoms with Crippen LogP contribution in [0.25, 0.3) is 0 Å². The highest BCUT2D eigenvalue weighted by Gasteiger charge is 2.61. The quantitative estimate of drug-likeness (QED) is 0.546. The molecule has 1 aromatic carbocycles. The summed E-state index contributed by atoms with van der Waals surface area (Å²) < 4.78 is 36.0. The first-order chi connectivity index (χ1) is 17.2. The zero-order valence-electron chi connectivity index (χ0n) is 20.7. The van der Waals surface area contributed by atoms with Gasteiger partial charge in [0, 0.05) is 43.1 Å². The number of anilines is 1. The van der Waals surface area contributed by atoms with Crippen molar-refractivity contribution in [3.05, 3.63) is 53.7 Å². The van der Waals surface area contributed by atoms with Gasteiger partial charge in [-0.15, -0.1) is 0 Å². The third-order valence-electron chi connectivity index (χ3n) is 9.03. The first kappa shape index (κ1) is 23.6. The Bertz CT molecular complexity index is 1320. The normalized spacial score (nSPS) is 32.1. The van der Waals surface area contributed by atoms with Gasteiger partial charge in [-0.05, 0) is 68.1 Å². The van der Waals surface area contributed by atoms with Gasteiger partial charge in [0.15, 0.2) is 5.03 Å². The SMILES string of the molecule is CCC(C1=C(O)CC2(OC1=O)C1CC3CC(C1)CC2C3)c1cccc(NS(=O)(=O)c2cn(C)cn2)c1. The number of aliphatic hydroxyl groups excluding tert-OH is 1. The number of esters is 1. The number of benzene rings is 1. The second-order valence-corrected chi connectivity index (χ2v) is 12.9. The third-order valence-corrected chi connectivity index (χ3v) is 10.3. The maximum absolute atomic E-state index is 13.5. The van der Waals surface area contributed by atoms with E-state index in [-0.39, 0.29) is 10.8 Å². The van der Waals surface area contributed by atoms with Crippen molar-refractivity contribution in [2.75, 3.05) is 4.72 Å². The van der Waals surface area contributed by atoms with Gasteiger partial charge in [0.05, 0.1) is 11.9 Å². The summed E-state index contributed by atoms with van der Waals surface area (Å²) in [7, 11) is -2.15. The van der Waals surface area contributed by atoms with Gasteiger partial charge in [-0.25, -0.2) is 9.78 Å². The summed E-state index contributed by atoms with van der Waals surface area (Å²) in [5.74, 6) is 1.49. The smallest absolute Gasteiger partial charge is 0.338 e. The molecule has 5 aliphatic rings. The van der Waals surface area contributed by atoms with Gasteiger partial charge in [0.2, 0.25) is 0 Å². The van der Waals surface area contributed by atoms with Crippen LogP contribution in [0, 0.1) is 23.7 Å². The minimum absolute atomic E-state index is 0.0698. The second-order valence-electron chi connectivity index (χ2n) is 11.3. The fourth-order valence-electron chi connectivity index (χ4n) is 7.68. The van der Waals surface area contributed by atoms with E-state index >= 15 is 0 Å². The number of ether oxygens (including phenoxy) is 1. The third kappa shape index (κ3) is 3.74. The number of aromatic nitrogens is 2. The molecule has 1 aromatic heterocycles. The molecule has 4 saturated carbocycles. The number of carbonyl (C=O) groups excluding carboxylic acids is 1. The molecular weight excluding hydrogens is 478 g/mol. The molecule has 2 N–H and O–H groups in total. The van der Waals surface area contributed by atoms with Crippen molar-refractivity contribution in [1.82, 2.24) is 9.55 Å². The highest BCUT2D eigenvalue weighted by molar-refractivity contribution is 7.92. The standard InChI is InChI=1S/C27H33N3O5S/c1-3-22(18-5-4-6-21(12-18)29-36(33,34)24-14-30(2)15-28-24)25-23(31)13-27(35-26(25)32)19-8-16-7-17(10-19)11-20(27)9-16/h4-6,12,14-17,19-20,22,29,31H,3,7-11,13H2,1-2H3. The number of hydrogen-bond acceptors (Lipinski definition) is 6. The molecule has 2 heterocycles. The fraction of sp³-hybridized carbons (Fsp3) is 0.556. The first-order valence-electron chi connectivity index (χ1n) is 12.9. The van der Waals surface area contributed by atoms with E-state index in [1.165, 1.54) is 18.9 Å². The van der Waals surface area contributed by atoms with Crippen molar-refractivity contribution < 1.29 is 23.1 Å². The molecule has 192 valence electrons. The number of aliphatic hydroxyl groups is 1. The van der Waals surface area contributed by atoms with Crippen LogP contribution in [-0.4, -0.2) is 34.6 Å². The number of nitrogens with one attached hydrogen (secondary N) is 1. The van der Waals surface area contributed by atoms with Gasteiger partial charge in [-0.2, -0.15) is 8.42 Å². The van der Waals surface area contributed by atoms with E-state index in [9.17, 15) is 18.3 Å². The zero-order chi connectivity index (χ0) is 25.2. The van der Waals surface area contributed by atoms with E-state index < -0.39 is 27.5 Å². The van der Waals surface area contributed by atoms with E-state index in [4.69, 9.17) is 4.74 Å². The number of nitrogens with zero attached hydrogens (tertiary/aromatic N) is 2. The van der Waals surface area contributed by atoms with E-state index in [1.54, 1.807) is 29.8 Å². The van der Waals surface area contributed by atoms with Gasteiger partial charge >= 0.3 is 5.97 Å². The molecule has 0 radical (unpaired) electrons. The predicted molar refractivity (Wildman–Crippen MR) is 134 cm³/mol. The Kier molecular flexibility index (Phi) is 5.48. The van der Waals surface area contributed by atoms with E-state index in [2.05, 4.69) is 9.71 Å². The summed E-state index contributed by atoms with van der Waals surface area (Å²) in [6, 6.07) is 6.98. The van der Waals surface area contributed by atoms with E-state index in [0.29, 0.717) is 35.9 Å². The molecule has 0 amide bonds. The molecule has 36 heavy (non-hydrogen) atoms. The fourth-order valence-corrected chi connectivity index (χ4v) is 8.71. The van der Waals surface area contributed by atoms with Gasteiger partial charge in [0.1, 0.15) is 11.4 Å². The van der Waals surface area contributed by atoms with Crippen molar-refractivity contribution in [3.8, 4) is 0 Å². The van der Waals surface area contributed by atoms with Crippen LogP contribution in [0.2, 0.25) is 0 Å². The van der Waals surface area contributed by atoms with Crippen molar-refractivity contribution in [3.63, 3.8) is 0 Å². The summed E-state index contributed by atoms with van der Waals surface area (Å²) in [6.07, 6.45) is 9.51. The van der Waals surface area contributed by atoms with Crippen LogP contribution >= 0.6 is 0 Å². The van der Waals surface area contributed by atoms with Crippen LogP contribution in [0.5, 0.6) is 0 Å². The van der Waals surface area contributed by atoms with Crippen LogP contribution < -0.4 is 4.72 Å². The van der Waals surface area contributed by atoms with Crippen molar-refractivity contribution in [2.45, 2.75) is 68.4 Å². The topological polar surface area (TPSA) is 111 Å².